The zero-order valence-corrected chi connectivity index (χ0v) is 12.2. The molecule has 0 bridgehead atoms. The molecular formula is C16H29NO. The van der Waals surface area contributed by atoms with Gasteiger partial charge in [-0.15, -0.1) is 0 Å². The van der Waals surface area contributed by atoms with Crippen LogP contribution in [0, 0.1) is 0 Å². The van der Waals surface area contributed by atoms with Gasteiger partial charge >= 0.3 is 0 Å². The summed E-state index contributed by atoms with van der Waals surface area (Å²) in [6.07, 6.45) is 4.05. The second kappa shape index (κ2) is 9.12. The number of nitrogens with zero attached hydrogens (tertiary/aromatic N) is 1. The highest BCUT2D eigenvalue weighted by atomic mass is 16.0. The van der Waals surface area contributed by atoms with Crippen molar-refractivity contribution in [3.63, 3.8) is 0 Å². The SMILES string of the molecule is CCCCC[N+](CC)(CC)Cc1ccccc1.[OH-]. The van der Waals surface area contributed by atoms with Crippen LogP contribution < -0.4 is 0 Å². The molecule has 0 amide bonds. The van der Waals surface area contributed by atoms with Crippen molar-refractivity contribution in [2.24, 2.45) is 0 Å². The summed E-state index contributed by atoms with van der Waals surface area (Å²) in [5, 5.41) is 0. The Kier molecular flexibility index (Phi) is 8.69. The Morgan fingerprint density at radius 2 is 1.50 bits per heavy atom. The van der Waals surface area contributed by atoms with E-state index in [1.54, 1.807) is 0 Å². The Hall–Kier alpha value is -0.860. The highest BCUT2D eigenvalue weighted by Gasteiger charge is 2.22. The predicted octanol–water partition coefficient (Wildman–Crippen LogP) is 4.06. The third kappa shape index (κ3) is 5.19. The fourth-order valence-corrected chi connectivity index (χ4v) is 2.51. The molecule has 0 fully saturated rings. The van der Waals surface area contributed by atoms with Crippen LogP contribution in [0.3, 0.4) is 0 Å². The highest BCUT2D eigenvalue weighted by molar-refractivity contribution is 5.13. The van der Waals surface area contributed by atoms with Gasteiger partial charge in [-0.1, -0.05) is 43.7 Å². The molecule has 1 rings (SSSR count). The minimum absolute atomic E-state index is 0. The van der Waals surface area contributed by atoms with Crippen LogP contribution in [0.5, 0.6) is 0 Å². The number of hydrogen-bond donors (Lipinski definition) is 0. The fourth-order valence-electron chi connectivity index (χ4n) is 2.51. The molecule has 2 heteroatoms. The smallest absolute Gasteiger partial charge is 0.104 e. The Morgan fingerprint density at radius 1 is 0.889 bits per heavy atom. The summed E-state index contributed by atoms with van der Waals surface area (Å²) in [5.74, 6) is 0. The van der Waals surface area contributed by atoms with Gasteiger partial charge < -0.3 is 9.96 Å². The second-order valence-corrected chi connectivity index (χ2v) is 5.05. The van der Waals surface area contributed by atoms with Crippen molar-refractivity contribution in [3.05, 3.63) is 35.9 Å². The van der Waals surface area contributed by atoms with Gasteiger partial charge in [0, 0.05) is 5.56 Å². The topological polar surface area (TPSA) is 30.0 Å². The van der Waals surface area contributed by atoms with Gasteiger partial charge in [-0.3, -0.25) is 0 Å². The van der Waals surface area contributed by atoms with E-state index >= 15 is 0 Å². The summed E-state index contributed by atoms with van der Waals surface area (Å²) in [6.45, 7) is 12.0. The van der Waals surface area contributed by atoms with E-state index in [2.05, 4.69) is 51.1 Å². The van der Waals surface area contributed by atoms with Crippen LogP contribution in [0.25, 0.3) is 0 Å². The lowest BCUT2D eigenvalue weighted by atomic mass is 10.1. The molecule has 0 aliphatic carbocycles. The molecule has 0 radical (unpaired) electrons. The molecule has 1 N–H and O–H groups in total. The largest absolute Gasteiger partial charge is 0.870 e. The van der Waals surface area contributed by atoms with Crippen LogP contribution in [0.2, 0.25) is 0 Å². The molecule has 0 saturated carbocycles. The van der Waals surface area contributed by atoms with E-state index < -0.39 is 0 Å². The zero-order valence-electron chi connectivity index (χ0n) is 12.2. The summed E-state index contributed by atoms with van der Waals surface area (Å²) in [6, 6.07) is 10.9. The number of benzene rings is 1. The maximum absolute atomic E-state index is 2.33. The van der Waals surface area contributed by atoms with Crippen LogP contribution in [0.15, 0.2) is 30.3 Å². The Balaban J connectivity index is 0.00000289. The highest BCUT2D eigenvalue weighted by Crippen LogP contribution is 2.16. The van der Waals surface area contributed by atoms with Gasteiger partial charge in [0.1, 0.15) is 6.54 Å². The van der Waals surface area contributed by atoms with Crippen LogP contribution in [0.1, 0.15) is 45.6 Å². The number of unbranched alkanes of at least 4 members (excludes halogenated alkanes) is 2. The Labute approximate surface area is 113 Å². The van der Waals surface area contributed by atoms with Crippen molar-refractivity contribution in [3.8, 4) is 0 Å². The molecule has 0 saturated heterocycles. The van der Waals surface area contributed by atoms with Crippen molar-refractivity contribution < 1.29 is 9.96 Å². The number of hydrogen-bond acceptors (Lipinski definition) is 1. The first-order valence-electron chi connectivity index (χ1n) is 7.15. The van der Waals surface area contributed by atoms with Crippen LogP contribution in [-0.4, -0.2) is 29.6 Å². The number of rotatable bonds is 8. The van der Waals surface area contributed by atoms with E-state index in [0.717, 1.165) is 0 Å². The van der Waals surface area contributed by atoms with Gasteiger partial charge in [0.05, 0.1) is 19.6 Å². The van der Waals surface area contributed by atoms with Gasteiger partial charge in [-0.25, -0.2) is 0 Å². The Bertz CT molecular complexity index is 293. The predicted molar refractivity (Wildman–Crippen MR) is 77.8 cm³/mol. The summed E-state index contributed by atoms with van der Waals surface area (Å²) in [5.41, 5.74) is 1.48. The van der Waals surface area contributed by atoms with E-state index in [1.165, 1.54) is 55.5 Å². The molecule has 2 nitrogen and oxygen atoms in total. The van der Waals surface area contributed by atoms with Crippen molar-refractivity contribution in [1.82, 2.24) is 0 Å². The van der Waals surface area contributed by atoms with Crippen molar-refractivity contribution in [1.29, 1.82) is 0 Å². The van der Waals surface area contributed by atoms with Crippen molar-refractivity contribution in [2.75, 3.05) is 19.6 Å². The molecular weight excluding hydrogens is 222 g/mol. The van der Waals surface area contributed by atoms with Crippen molar-refractivity contribution in [2.45, 2.75) is 46.6 Å². The summed E-state index contributed by atoms with van der Waals surface area (Å²) in [7, 11) is 0. The Morgan fingerprint density at radius 3 is 2.00 bits per heavy atom. The molecule has 0 spiro atoms. The van der Waals surface area contributed by atoms with Gasteiger partial charge in [-0.2, -0.15) is 0 Å². The molecule has 0 atom stereocenters. The molecule has 1 aromatic rings. The average Bonchev–Trinajstić information content (AvgIpc) is 2.39. The third-order valence-electron chi connectivity index (χ3n) is 3.94. The monoisotopic (exact) mass is 251 g/mol. The first-order valence-corrected chi connectivity index (χ1v) is 7.15. The molecule has 0 unspecified atom stereocenters. The minimum Gasteiger partial charge on any atom is -0.870 e. The number of quaternary nitrogens is 1. The van der Waals surface area contributed by atoms with Crippen LogP contribution >= 0.6 is 0 Å². The average molecular weight is 251 g/mol. The lowest BCUT2D eigenvalue weighted by molar-refractivity contribution is -0.938. The maximum Gasteiger partial charge on any atom is 0.104 e. The normalized spacial score (nSPS) is 11.1. The van der Waals surface area contributed by atoms with Gasteiger partial charge in [0.2, 0.25) is 0 Å². The molecule has 0 aliphatic heterocycles. The van der Waals surface area contributed by atoms with Crippen LogP contribution in [-0.2, 0) is 6.54 Å². The standard InChI is InChI=1S/C16H28N.H2O/c1-4-7-11-14-17(5-2,6-3)15-16-12-9-8-10-13-16;/h8-10,12-13H,4-7,11,14-15H2,1-3H3;1H2/q+1;/p-1. The second-order valence-electron chi connectivity index (χ2n) is 5.05. The first kappa shape index (κ1) is 17.1. The van der Waals surface area contributed by atoms with E-state index in [4.69, 9.17) is 0 Å². The lowest BCUT2D eigenvalue weighted by Crippen LogP contribution is -2.47. The molecule has 18 heavy (non-hydrogen) atoms. The maximum atomic E-state index is 2.33. The van der Waals surface area contributed by atoms with Gasteiger partial charge in [-0.05, 0) is 26.7 Å². The summed E-state index contributed by atoms with van der Waals surface area (Å²) >= 11 is 0. The molecule has 0 aromatic heterocycles. The van der Waals surface area contributed by atoms with E-state index in [1.807, 2.05) is 0 Å². The molecule has 0 aliphatic rings. The molecule has 1 aromatic carbocycles. The van der Waals surface area contributed by atoms with E-state index in [0.29, 0.717) is 0 Å². The van der Waals surface area contributed by atoms with Crippen molar-refractivity contribution >= 4 is 0 Å². The quantitative estimate of drug-likeness (QED) is 0.506. The molecule has 104 valence electrons. The summed E-state index contributed by atoms with van der Waals surface area (Å²) in [4.78, 5) is 0. The van der Waals surface area contributed by atoms with Gasteiger partial charge in [0.25, 0.3) is 0 Å². The van der Waals surface area contributed by atoms with E-state index in [-0.39, 0.29) is 5.48 Å². The van der Waals surface area contributed by atoms with Gasteiger partial charge in [0.15, 0.2) is 0 Å². The fraction of sp³-hybridized carbons (Fsp3) is 0.625. The zero-order chi connectivity index (χ0) is 12.6. The third-order valence-corrected chi connectivity index (χ3v) is 3.94. The first-order chi connectivity index (χ1) is 8.26. The molecule has 0 heterocycles. The lowest BCUT2D eigenvalue weighted by Gasteiger charge is -2.37. The minimum atomic E-state index is 0. The van der Waals surface area contributed by atoms with Crippen LogP contribution in [0.4, 0.5) is 0 Å². The summed E-state index contributed by atoms with van der Waals surface area (Å²) < 4.78 is 1.24. The van der Waals surface area contributed by atoms with E-state index in [9.17, 15) is 0 Å².